The summed E-state index contributed by atoms with van der Waals surface area (Å²) < 4.78 is 5.40. The summed E-state index contributed by atoms with van der Waals surface area (Å²) in [5.41, 5.74) is 3.01. The lowest BCUT2D eigenvalue weighted by Gasteiger charge is -2.18. The smallest absolute Gasteiger partial charge is 0.331 e. The molecule has 0 spiro atoms. The molecule has 3 aromatic carbocycles. The Morgan fingerprint density at radius 3 is 2.35 bits per heavy atom. The van der Waals surface area contributed by atoms with Crippen LogP contribution in [0.5, 0.6) is 0 Å². The molecule has 0 aliphatic heterocycles. The third-order valence-electron chi connectivity index (χ3n) is 4.09. The van der Waals surface area contributed by atoms with Crippen LogP contribution >= 0.6 is 0 Å². The van der Waals surface area contributed by atoms with E-state index in [2.05, 4.69) is 36.4 Å². The highest BCUT2D eigenvalue weighted by Crippen LogP contribution is 2.26. The highest BCUT2D eigenvalue weighted by atomic mass is 16.6. The molecular weight excluding hydrogens is 320 g/mol. The lowest BCUT2D eigenvalue weighted by molar-refractivity contribution is -0.148. The van der Waals surface area contributed by atoms with Gasteiger partial charge in [0.15, 0.2) is 0 Å². The van der Waals surface area contributed by atoms with Crippen LogP contribution in [0.1, 0.15) is 37.5 Å². The van der Waals surface area contributed by atoms with Gasteiger partial charge in [0.05, 0.1) is 0 Å². The van der Waals surface area contributed by atoms with Gasteiger partial charge in [0.1, 0.15) is 5.60 Å². The van der Waals surface area contributed by atoms with Gasteiger partial charge in [0.25, 0.3) is 0 Å². The largest absolute Gasteiger partial charge is 0.457 e. The van der Waals surface area contributed by atoms with Crippen molar-refractivity contribution in [3.8, 4) is 0 Å². The van der Waals surface area contributed by atoms with E-state index in [0.29, 0.717) is 0 Å². The standard InChI is InChI=1S/C24H24O2/c1-24(2,3)26-23(25)16-15-22-20(17-18-9-5-4-6-10-18)14-13-19-11-7-8-12-21(19)22/h4-16H,17H2,1-3H3/b16-15+. The molecule has 0 aliphatic rings. The predicted octanol–water partition coefficient (Wildman–Crippen LogP) is 5.79. The first-order valence-corrected chi connectivity index (χ1v) is 8.88. The van der Waals surface area contributed by atoms with E-state index in [0.717, 1.165) is 22.8 Å². The molecule has 0 heterocycles. The maximum atomic E-state index is 12.1. The number of esters is 1. The van der Waals surface area contributed by atoms with E-state index in [-0.39, 0.29) is 5.97 Å². The number of carbonyl (C=O) groups is 1. The SMILES string of the molecule is CC(C)(C)OC(=O)/C=C/c1c(Cc2ccccc2)ccc2ccccc12. The zero-order valence-corrected chi connectivity index (χ0v) is 15.5. The van der Waals surface area contributed by atoms with Gasteiger partial charge in [-0.25, -0.2) is 4.79 Å². The van der Waals surface area contributed by atoms with Crippen LogP contribution in [0, 0.1) is 0 Å². The number of rotatable bonds is 4. The summed E-state index contributed by atoms with van der Waals surface area (Å²) in [6.07, 6.45) is 4.23. The number of fused-ring (bicyclic) bond motifs is 1. The number of benzene rings is 3. The van der Waals surface area contributed by atoms with Gasteiger partial charge in [-0.2, -0.15) is 0 Å². The molecule has 26 heavy (non-hydrogen) atoms. The van der Waals surface area contributed by atoms with E-state index in [1.54, 1.807) is 0 Å². The van der Waals surface area contributed by atoms with Gasteiger partial charge < -0.3 is 4.74 Å². The number of carbonyl (C=O) groups excluding carboxylic acids is 1. The normalized spacial score (nSPS) is 11.8. The summed E-state index contributed by atoms with van der Waals surface area (Å²) in [7, 11) is 0. The van der Waals surface area contributed by atoms with E-state index >= 15 is 0 Å². The highest BCUT2D eigenvalue weighted by Gasteiger charge is 2.14. The molecular formula is C24H24O2. The summed E-state index contributed by atoms with van der Waals surface area (Å²) >= 11 is 0. The van der Waals surface area contributed by atoms with Crippen LogP contribution in [0.25, 0.3) is 16.8 Å². The second-order valence-corrected chi connectivity index (χ2v) is 7.39. The Morgan fingerprint density at radius 1 is 0.923 bits per heavy atom. The monoisotopic (exact) mass is 344 g/mol. The van der Waals surface area contributed by atoms with Gasteiger partial charge >= 0.3 is 5.97 Å². The van der Waals surface area contributed by atoms with Crippen molar-refractivity contribution in [3.63, 3.8) is 0 Å². The predicted molar refractivity (Wildman–Crippen MR) is 108 cm³/mol. The third-order valence-corrected chi connectivity index (χ3v) is 4.09. The molecule has 132 valence electrons. The summed E-state index contributed by atoms with van der Waals surface area (Å²) in [5.74, 6) is -0.323. The lowest BCUT2D eigenvalue weighted by atomic mass is 9.94. The van der Waals surface area contributed by atoms with E-state index in [1.807, 2.05) is 57.2 Å². The Bertz CT molecular complexity index is 931. The summed E-state index contributed by atoms with van der Waals surface area (Å²) in [6.45, 7) is 5.62. The first-order chi connectivity index (χ1) is 12.4. The molecule has 0 fully saturated rings. The van der Waals surface area contributed by atoms with Crippen LogP contribution in [0.3, 0.4) is 0 Å². The summed E-state index contributed by atoms with van der Waals surface area (Å²) in [5, 5.41) is 2.30. The molecule has 0 saturated carbocycles. The molecule has 0 aliphatic carbocycles. The first-order valence-electron chi connectivity index (χ1n) is 8.88. The van der Waals surface area contributed by atoms with Crippen LogP contribution in [-0.2, 0) is 16.0 Å². The summed E-state index contributed by atoms with van der Waals surface area (Å²) in [4.78, 5) is 12.1. The minimum absolute atomic E-state index is 0.323. The fraction of sp³-hybridized carbons (Fsp3) is 0.208. The van der Waals surface area contributed by atoms with Crippen LogP contribution in [0.4, 0.5) is 0 Å². The van der Waals surface area contributed by atoms with Crippen molar-refractivity contribution >= 4 is 22.8 Å². The maximum Gasteiger partial charge on any atom is 0.331 e. The number of hydrogen-bond acceptors (Lipinski definition) is 2. The van der Waals surface area contributed by atoms with Gasteiger partial charge in [-0.05, 0) is 60.7 Å². The van der Waals surface area contributed by atoms with Gasteiger partial charge in [-0.15, -0.1) is 0 Å². The highest BCUT2D eigenvalue weighted by molar-refractivity contribution is 5.96. The Hall–Kier alpha value is -2.87. The van der Waals surface area contributed by atoms with E-state index in [4.69, 9.17) is 4.74 Å². The maximum absolute atomic E-state index is 12.1. The minimum Gasteiger partial charge on any atom is -0.457 e. The Balaban J connectivity index is 2.00. The summed E-state index contributed by atoms with van der Waals surface area (Å²) in [6, 6.07) is 22.9. The zero-order valence-electron chi connectivity index (χ0n) is 15.5. The average molecular weight is 344 g/mol. The molecule has 0 unspecified atom stereocenters. The zero-order chi connectivity index (χ0) is 18.6. The topological polar surface area (TPSA) is 26.3 Å². The second kappa shape index (κ2) is 7.57. The van der Waals surface area contributed by atoms with Gasteiger partial charge in [0.2, 0.25) is 0 Å². The van der Waals surface area contributed by atoms with E-state index in [9.17, 15) is 4.79 Å². The van der Waals surface area contributed by atoms with E-state index in [1.165, 1.54) is 17.2 Å². The quantitative estimate of drug-likeness (QED) is 0.442. The van der Waals surface area contributed by atoms with Gasteiger partial charge in [-0.1, -0.05) is 66.7 Å². The van der Waals surface area contributed by atoms with Crippen LogP contribution < -0.4 is 0 Å². The van der Waals surface area contributed by atoms with Gasteiger partial charge in [-0.3, -0.25) is 0 Å². The van der Waals surface area contributed by atoms with Crippen LogP contribution in [0.2, 0.25) is 0 Å². The molecule has 0 N–H and O–H groups in total. The molecule has 0 amide bonds. The lowest BCUT2D eigenvalue weighted by Crippen LogP contribution is -2.22. The second-order valence-electron chi connectivity index (χ2n) is 7.39. The van der Waals surface area contributed by atoms with Crippen LogP contribution in [-0.4, -0.2) is 11.6 Å². The van der Waals surface area contributed by atoms with Crippen molar-refractivity contribution in [3.05, 3.63) is 89.5 Å². The van der Waals surface area contributed by atoms with Gasteiger partial charge in [0, 0.05) is 6.08 Å². The van der Waals surface area contributed by atoms with Crippen LogP contribution in [0.15, 0.2) is 72.8 Å². The Kier molecular flexibility index (Phi) is 5.22. The molecule has 3 rings (SSSR count). The fourth-order valence-electron chi connectivity index (χ4n) is 2.99. The first kappa shape index (κ1) is 17.9. The molecule has 0 aromatic heterocycles. The number of ether oxygens (including phenoxy) is 1. The van der Waals surface area contributed by atoms with Crippen molar-refractivity contribution in [2.75, 3.05) is 0 Å². The number of hydrogen-bond donors (Lipinski definition) is 0. The molecule has 2 heteroatoms. The Morgan fingerprint density at radius 2 is 1.62 bits per heavy atom. The molecule has 0 saturated heterocycles. The minimum atomic E-state index is -0.493. The van der Waals surface area contributed by atoms with Crippen molar-refractivity contribution < 1.29 is 9.53 Å². The van der Waals surface area contributed by atoms with Crippen molar-refractivity contribution in [2.45, 2.75) is 32.8 Å². The fourth-order valence-corrected chi connectivity index (χ4v) is 2.99. The average Bonchev–Trinajstić information content (AvgIpc) is 2.60. The molecule has 2 nitrogen and oxygen atoms in total. The van der Waals surface area contributed by atoms with Crippen molar-refractivity contribution in [2.24, 2.45) is 0 Å². The van der Waals surface area contributed by atoms with Crippen molar-refractivity contribution in [1.29, 1.82) is 0 Å². The molecule has 3 aromatic rings. The molecule has 0 radical (unpaired) electrons. The molecule has 0 atom stereocenters. The third kappa shape index (κ3) is 4.60. The Labute approximate surface area is 155 Å². The molecule has 0 bridgehead atoms. The van der Waals surface area contributed by atoms with E-state index < -0.39 is 5.60 Å². The van der Waals surface area contributed by atoms with Crippen molar-refractivity contribution in [1.82, 2.24) is 0 Å².